The van der Waals surface area contributed by atoms with E-state index >= 15 is 0 Å². The molecule has 1 N–H and O–H groups in total. The number of rotatable bonds is 8. The quantitative estimate of drug-likeness (QED) is 0.641. The predicted octanol–water partition coefficient (Wildman–Crippen LogP) is 3.74. The van der Waals surface area contributed by atoms with Gasteiger partial charge in [-0.15, -0.1) is 0 Å². The normalized spacial score (nSPS) is 11.3. The lowest BCUT2D eigenvalue weighted by molar-refractivity contribution is 0.244. The molecule has 0 radical (unpaired) electrons. The monoisotopic (exact) mass is 324 g/mol. The fraction of sp³-hybridized carbons (Fsp3) is 0.368. The molecule has 0 aliphatic rings. The second-order valence-electron chi connectivity index (χ2n) is 5.69. The van der Waals surface area contributed by atoms with Crippen molar-refractivity contribution >= 4 is 11.0 Å². The molecule has 0 spiro atoms. The van der Waals surface area contributed by atoms with Crippen molar-refractivity contribution in [3.05, 3.63) is 42.5 Å². The molecule has 0 aliphatic heterocycles. The summed E-state index contributed by atoms with van der Waals surface area (Å²) in [4.78, 5) is 14.8. The minimum absolute atomic E-state index is 0.646. The van der Waals surface area contributed by atoms with Crippen molar-refractivity contribution in [3.8, 4) is 17.4 Å². The molecule has 3 rings (SSSR count). The number of hydrogen-bond acceptors (Lipinski definition) is 4. The zero-order valence-corrected chi connectivity index (χ0v) is 14.3. The molecule has 1 aromatic carbocycles. The molecule has 2 heterocycles. The SMILES string of the molecule is CCN(CC)CCCOc1cccc(-c2nc3ccccc3[nH]2)n1. The predicted molar refractivity (Wildman–Crippen MR) is 97.2 cm³/mol. The van der Waals surface area contributed by atoms with E-state index in [1.54, 1.807) is 0 Å². The van der Waals surface area contributed by atoms with Crippen LogP contribution in [0.5, 0.6) is 5.88 Å². The van der Waals surface area contributed by atoms with Crippen LogP contribution in [0.25, 0.3) is 22.6 Å². The second kappa shape index (κ2) is 7.93. The highest BCUT2D eigenvalue weighted by Crippen LogP contribution is 2.20. The lowest BCUT2D eigenvalue weighted by atomic mass is 10.3. The molecule has 2 aromatic heterocycles. The van der Waals surface area contributed by atoms with E-state index in [4.69, 9.17) is 4.74 Å². The minimum Gasteiger partial charge on any atom is -0.478 e. The number of benzene rings is 1. The van der Waals surface area contributed by atoms with Crippen LogP contribution >= 0.6 is 0 Å². The lowest BCUT2D eigenvalue weighted by Gasteiger charge is -2.17. The van der Waals surface area contributed by atoms with Crippen molar-refractivity contribution in [2.24, 2.45) is 0 Å². The number of aromatic amines is 1. The maximum atomic E-state index is 5.80. The van der Waals surface area contributed by atoms with Crippen molar-refractivity contribution in [2.45, 2.75) is 20.3 Å². The van der Waals surface area contributed by atoms with Gasteiger partial charge in [0.2, 0.25) is 5.88 Å². The van der Waals surface area contributed by atoms with Gasteiger partial charge in [-0.05, 0) is 37.7 Å². The first-order valence-electron chi connectivity index (χ1n) is 8.57. The third-order valence-corrected chi connectivity index (χ3v) is 4.12. The van der Waals surface area contributed by atoms with E-state index in [0.29, 0.717) is 12.5 Å². The summed E-state index contributed by atoms with van der Waals surface area (Å²) in [5, 5.41) is 0. The second-order valence-corrected chi connectivity index (χ2v) is 5.69. The highest BCUT2D eigenvalue weighted by Gasteiger charge is 2.07. The third-order valence-electron chi connectivity index (χ3n) is 4.12. The van der Waals surface area contributed by atoms with Crippen LogP contribution in [0.4, 0.5) is 0 Å². The zero-order chi connectivity index (χ0) is 16.8. The number of hydrogen-bond donors (Lipinski definition) is 1. The molecule has 0 saturated carbocycles. The summed E-state index contributed by atoms with van der Waals surface area (Å²) < 4.78 is 5.80. The summed E-state index contributed by atoms with van der Waals surface area (Å²) in [6.45, 7) is 8.25. The van der Waals surface area contributed by atoms with Gasteiger partial charge in [-0.1, -0.05) is 32.0 Å². The Balaban J connectivity index is 1.63. The number of nitrogens with zero attached hydrogens (tertiary/aromatic N) is 3. The van der Waals surface area contributed by atoms with Crippen LogP contribution in [0.15, 0.2) is 42.5 Å². The van der Waals surface area contributed by atoms with Crippen LogP contribution in [0.2, 0.25) is 0 Å². The van der Waals surface area contributed by atoms with Gasteiger partial charge in [-0.3, -0.25) is 0 Å². The molecule has 126 valence electrons. The molecule has 0 aliphatic carbocycles. The van der Waals surface area contributed by atoms with Crippen LogP contribution < -0.4 is 4.74 Å². The molecule has 0 atom stereocenters. The summed E-state index contributed by atoms with van der Waals surface area (Å²) in [6, 6.07) is 13.8. The van der Waals surface area contributed by atoms with Crippen LogP contribution in [0.1, 0.15) is 20.3 Å². The van der Waals surface area contributed by atoms with Crippen LogP contribution in [0.3, 0.4) is 0 Å². The lowest BCUT2D eigenvalue weighted by Crippen LogP contribution is -2.25. The Morgan fingerprint density at radius 3 is 2.62 bits per heavy atom. The fourth-order valence-corrected chi connectivity index (χ4v) is 2.71. The minimum atomic E-state index is 0.646. The smallest absolute Gasteiger partial charge is 0.213 e. The molecule has 0 saturated heterocycles. The molecular formula is C19H24N4O. The first-order valence-corrected chi connectivity index (χ1v) is 8.57. The molecule has 5 nitrogen and oxygen atoms in total. The number of H-pyrrole nitrogens is 1. The molecule has 0 fully saturated rings. The van der Waals surface area contributed by atoms with Crippen molar-refractivity contribution in [2.75, 3.05) is 26.2 Å². The van der Waals surface area contributed by atoms with E-state index in [-0.39, 0.29) is 0 Å². The topological polar surface area (TPSA) is 54.0 Å². The van der Waals surface area contributed by atoms with Gasteiger partial charge in [-0.2, -0.15) is 0 Å². The first kappa shape index (κ1) is 16.5. The number of para-hydroxylation sites is 2. The van der Waals surface area contributed by atoms with E-state index in [9.17, 15) is 0 Å². The average molecular weight is 324 g/mol. The standard InChI is InChI=1S/C19H24N4O/c1-3-23(4-2)13-8-14-24-18-12-7-11-17(20-18)19-21-15-9-5-6-10-16(15)22-19/h5-7,9-12H,3-4,8,13-14H2,1-2H3,(H,21,22). The summed E-state index contributed by atoms with van der Waals surface area (Å²) in [7, 11) is 0. The van der Waals surface area contributed by atoms with Gasteiger partial charge in [-0.25, -0.2) is 9.97 Å². The van der Waals surface area contributed by atoms with E-state index in [0.717, 1.165) is 48.6 Å². The molecule has 0 bridgehead atoms. The zero-order valence-electron chi connectivity index (χ0n) is 14.3. The highest BCUT2D eigenvalue weighted by molar-refractivity contribution is 5.78. The molecule has 5 heteroatoms. The highest BCUT2D eigenvalue weighted by atomic mass is 16.5. The third kappa shape index (κ3) is 3.92. The molecule has 24 heavy (non-hydrogen) atoms. The largest absolute Gasteiger partial charge is 0.478 e. The summed E-state index contributed by atoms with van der Waals surface area (Å²) in [5.41, 5.74) is 2.76. The molecule has 0 amide bonds. The van der Waals surface area contributed by atoms with Gasteiger partial charge in [0.1, 0.15) is 5.69 Å². The molecule has 3 aromatic rings. The van der Waals surface area contributed by atoms with Gasteiger partial charge in [0.25, 0.3) is 0 Å². The van der Waals surface area contributed by atoms with Crippen molar-refractivity contribution in [3.63, 3.8) is 0 Å². The van der Waals surface area contributed by atoms with E-state index < -0.39 is 0 Å². The van der Waals surface area contributed by atoms with Gasteiger partial charge >= 0.3 is 0 Å². The Morgan fingerprint density at radius 2 is 1.83 bits per heavy atom. The van der Waals surface area contributed by atoms with Crippen molar-refractivity contribution in [1.82, 2.24) is 19.9 Å². The van der Waals surface area contributed by atoms with Crippen molar-refractivity contribution in [1.29, 1.82) is 0 Å². The summed E-state index contributed by atoms with van der Waals surface area (Å²) >= 11 is 0. The Hall–Kier alpha value is -2.40. The van der Waals surface area contributed by atoms with Gasteiger partial charge in [0, 0.05) is 12.6 Å². The van der Waals surface area contributed by atoms with E-state index in [2.05, 4.69) is 33.7 Å². The number of aromatic nitrogens is 3. The maximum absolute atomic E-state index is 5.80. The average Bonchev–Trinajstić information content (AvgIpc) is 3.06. The van der Waals surface area contributed by atoms with Gasteiger partial charge in [0.05, 0.1) is 17.6 Å². The number of nitrogens with one attached hydrogen (secondary N) is 1. The number of pyridine rings is 1. The fourth-order valence-electron chi connectivity index (χ4n) is 2.71. The molecule has 0 unspecified atom stereocenters. The van der Waals surface area contributed by atoms with E-state index in [1.165, 1.54) is 0 Å². The van der Waals surface area contributed by atoms with Crippen molar-refractivity contribution < 1.29 is 4.74 Å². The first-order chi connectivity index (χ1) is 11.8. The van der Waals surface area contributed by atoms with Crippen LogP contribution in [-0.2, 0) is 0 Å². The number of ether oxygens (including phenoxy) is 1. The molecular weight excluding hydrogens is 300 g/mol. The Labute approximate surface area is 142 Å². The Morgan fingerprint density at radius 1 is 1.00 bits per heavy atom. The number of fused-ring (bicyclic) bond motifs is 1. The van der Waals surface area contributed by atoms with Gasteiger partial charge < -0.3 is 14.6 Å². The van der Waals surface area contributed by atoms with E-state index in [1.807, 2.05) is 42.5 Å². The van der Waals surface area contributed by atoms with Gasteiger partial charge in [0.15, 0.2) is 5.82 Å². The van der Waals surface area contributed by atoms with Crippen LogP contribution in [0, 0.1) is 0 Å². The Kier molecular flexibility index (Phi) is 5.43. The Bertz CT molecular complexity index is 747. The van der Waals surface area contributed by atoms with Crippen LogP contribution in [-0.4, -0.2) is 46.1 Å². The number of imidazole rings is 1. The summed E-state index contributed by atoms with van der Waals surface area (Å²) in [5.74, 6) is 1.41. The summed E-state index contributed by atoms with van der Waals surface area (Å²) in [6.07, 6.45) is 0.998. The maximum Gasteiger partial charge on any atom is 0.213 e.